The van der Waals surface area contributed by atoms with Crippen molar-refractivity contribution in [2.75, 3.05) is 0 Å². The van der Waals surface area contributed by atoms with Crippen molar-refractivity contribution in [1.82, 2.24) is 14.9 Å². The maximum absolute atomic E-state index is 5.46. The quantitative estimate of drug-likeness (QED) is 0.712. The number of nitrogens with zero attached hydrogens (tertiary/aromatic N) is 2. The standard InChI is InChI=1S/C13H21N3/c1-4-7-12(6-3)15-11-13-14-8-10-16(13)9-5-2/h3,8,10,12,15H,4-5,7,9,11H2,1-2H3. The fraction of sp³-hybridized carbons (Fsp3) is 0.615. The first-order valence-electron chi connectivity index (χ1n) is 6.01. The summed E-state index contributed by atoms with van der Waals surface area (Å²) in [5.41, 5.74) is 0. The van der Waals surface area contributed by atoms with Crippen molar-refractivity contribution in [3.05, 3.63) is 18.2 Å². The molecule has 1 aromatic heterocycles. The van der Waals surface area contributed by atoms with Crippen LogP contribution in [0, 0.1) is 12.3 Å². The van der Waals surface area contributed by atoms with E-state index in [4.69, 9.17) is 6.42 Å². The van der Waals surface area contributed by atoms with Gasteiger partial charge in [-0.15, -0.1) is 6.42 Å². The number of hydrogen-bond acceptors (Lipinski definition) is 2. The van der Waals surface area contributed by atoms with Gasteiger partial charge in [-0.1, -0.05) is 26.2 Å². The van der Waals surface area contributed by atoms with E-state index in [9.17, 15) is 0 Å². The molecule has 0 saturated carbocycles. The van der Waals surface area contributed by atoms with Crippen LogP contribution in [0.1, 0.15) is 38.9 Å². The van der Waals surface area contributed by atoms with Crippen LogP contribution in [0.3, 0.4) is 0 Å². The van der Waals surface area contributed by atoms with E-state index in [0.717, 1.165) is 38.2 Å². The summed E-state index contributed by atoms with van der Waals surface area (Å²) < 4.78 is 2.17. The minimum absolute atomic E-state index is 0.164. The molecule has 0 spiro atoms. The molecule has 1 rings (SSSR count). The zero-order valence-corrected chi connectivity index (χ0v) is 10.2. The summed E-state index contributed by atoms with van der Waals surface area (Å²) in [4.78, 5) is 4.33. The molecule has 3 heteroatoms. The lowest BCUT2D eigenvalue weighted by Crippen LogP contribution is -2.28. The van der Waals surface area contributed by atoms with Crippen molar-refractivity contribution in [2.24, 2.45) is 0 Å². The van der Waals surface area contributed by atoms with Crippen LogP contribution in [0.2, 0.25) is 0 Å². The zero-order valence-electron chi connectivity index (χ0n) is 10.2. The predicted octanol–water partition coefficient (Wildman–Crippen LogP) is 2.18. The van der Waals surface area contributed by atoms with E-state index in [0.29, 0.717) is 0 Å². The van der Waals surface area contributed by atoms with Crippen LogP contribution in [0.5, 0.6) is 0 Å². The topological polar surface area (TPSA) is 29.9 Å². The Kier molecular flexibility index (Phi) is 5.66. The highest BCUT2D eigenvalue weighted by atomic mass is 15.1. The van der Waals surface area contributed by atoms with Crippen molar-refractivity contribution in [1.29, 1.82) is 0 Å². The number of hydrogen-bond donors (Lipinski definition) is 1. The average Bonchev–Trinajstić information content (AvgIpc) is 2.72. The highest BCUT2D eigenvalue weighted by molar-refractivity contribution is 5.00. The van der Waals surface area contributed by atoms with Gasteiger partial charge < -0.3 is 4.57 Å². The van der Waals surface area contributed by atoms with Crippen LogP contribution in [-0.4, -0.2) is 15.6 Å². The fourth-order valence-electron chi connectivity index (χ4n) is 1.70. The Hall–Kier alpha value is -1.27. The van der Waals surface area contributed by atoms with Crippen LogP contribution in [-0.2, 0) is 13.1 Å². The largest absolute Gasteiger partial charge is 0.334 e. The van der Waals surface area contributed by atoms with Gasteiger partial charge in [0.25, 0.3) is 0 Å². The maximum Gasteiger partial charge on any atom is 0.122 e. The van der Waals surface area contributed by atoms with Gasteiger partial charge >= 0.3 is 0 Å². The molecule has 1 unspecified atom stereocenters. The van der Waals surface area contributed by atoms with E-state index < -0.39 is 0 Å². The van der Waals surface area contributed by atoms with E-state index in [2.05, 4.69) is 34.6 Å². The van der Waals surface area contributed by atoms with Gasteiger partial charge in [-0.25, -0.2) is 4.98 Å². The van der Waals surface area contributed by atoms with Crippen molar-refractivity contribution < 1.29 is 0 Å². The molecular formula is C13H21N3. The van der Waals surface area contributed by atoms with Crippen LogP contribution in [0.4, 0.5) is 0 Å². The molecule has 1 aromatic rings. The molecule has 0 radical (unpaired) electrons. The van der Waals surface area contributed by atoms with Gasteiger partial charge in [0, 0.05) is 18.9 Å². The van der Waals surface area contributed by atoms with Gasteiger partial charge in [0.05, 0.1) is 12.6 Å². The lowest BCUT2D eigenvalue weighted by Gasteiger charge is -2.12. The highest BCUT2D eigenvalue weighted by Gasteiger charge is 2.06. The minimum Gasteiger partial charge on any atom is -0.334 e. The first-order valence-corrected chi connectivity index (χ1v) is 6.01. The fourth-order valence-corrected chi connectivity index (χ4v) is 1.70. The van der Waals surface area contributed by atoms with Crippen molar-refractivity contribution in [2.45, 2.75) is 52.2 Å². The number of nitrogens with one attached hydrogen (secondary N) is 1. The van der Waals surface area contributed by atoms with Crippen molar-refractivity contribution in [3.8, 4) is 12.3 Å². The predicted molar refractivity (Wildman–Crippen MR) is 66.9 cm³/mol. The van der Waals surface area contributed by atoms with Crippen molar-refractivity contribution >= 4 is 0 Å². The van der Waals surface area contributed by atoms with Crippen LogP contribution < -0.4 is 5.32 Å². The molecular weight excluding hydrogens is 198 g/mol. The van der Waals surface area contributed by atoms with Gasteiger partial charge in [-0.05, 0) is 12.8 Å². The first-order chi connectivity index (χ1) is 7.81. The van der Waals surface area contributed by atoms with Gasteiger partial charge in [0.1, 0.15) is 5.82 Å². The van der Waals surface area contributed by atoms with E-state index in [1.165, 1.54) is 0 Å². The Morgan fingerprint density at radius 1 is 1.50 bits per heavy atom. The lowest BCUT2D eigenvalue weighted by molar-refractivity contribution is 0.528. The molecule has 0 aromatic carbocycles. The molecule has 0 amide bonds. The highest BCUT2D eigenvalue weighted by Crippen LogP contribution is 2.01. The summed E-state index contributed by atoms with van der Waals surface area (Å²) in [5.74, 6) is 3.84. The van der Waals surface area contributed by atoms with E-state index >= 15 is 0 Å². The van der Waals surface area contributed by atoms with Crippen LogP contribution >= 0.6 is 0 Å². The third-order valence-electron chi connectivity index (χ3n) is 2.55. The molecule has 3 nitrogen and oxygen atoms in total. The van der Waals surface area contributed by atoms with E-state index in [1.807, 2.05) is 12.4 Å². The summed E-state index contributed by atoms with van der Waals surface area (Å²) in [6.45, 7) is 6.08. The summed E-state index contributed by atoms with van der Waals surface area (Å²) in [6, 6.07) is 0.164. The second kappa shape index (κ2) is 7.08. The van der Waals surface area contributed by atoms with Crippen LogP contribution in [0.25, 0.3) is 0 Å². The van der Waals surface area contributed by atoms with Crippen LogP contribution in [0.15, 0.2) is 12.4 Å². The molecule has 0 fully saturated rings. The molecule has 0 saturated heterocycles. The Bertz CT molecular complexity index is 335. The maximum atomic E-state index is 5.46. The number of aryl methyl sites for hydroxylation is 1. The first kappa shape index (κ1) is 12.8. The van der Waals surface area contributed by atoms with Gasteiger partial charge in [-0.3, -0.25) is 5.32 Å². The molecule has 1 heterocycles. The summed E-state index contributed by atoms with van der Waals surface area (Å²) in [5, 5.41) is 3.35. The molecule has 88 valence electrons. The zero-order chi connectivity index (χ0) is 11.8. The Labute approximate surface area is 98.3 Å². The molecule has 16 heavy (non-hydrogen) atoms. The Morgan fingerprint density at radius 3 is 2.94 bits per heavy atom. The normalized spacial score (nSPS) is 12.3. The lowest BCUT2D eigenvalue weighted by atomic mass is 10.2. The second-order valence-corrected chi connectivity index (χ2v) is 3.93. The Morgan fingerprint density at radius 2 is 2.31 bits per heavy atom. The summed E-state index contributed by atoms with van der Waals surface area (Å²) in [7, 11) is 0. The minimum atomic E-state index is 0.164. The number of terminal acetylenes is 1. The molecule has 1 atom stereocenters. The molecule has 1 N–H and O–H groups in total. The smallest absolute Gasteiger partial charge is 0.122 e. The third-order valence-corrected chi connectivity index (χ3v) is 2.55. The van der Waals surface area contributed by atoms with Gasteiger partial charge in [0.15, 0.2) is 0 Å². The van der Waals surface area contributed by atoms with E-state index in [1.54, 1.807) is 0 Å². The summed E-state index contributed by atoms with van der Waals surface area (Å²) in [6.07, 6.45) is 12.6. The van der Waals surface area contributed by atoms with Gasteiger partial charge in [-0.2, -0.15) is 0 Å². The monoisotopic (exact) mass is 219 g/mol. The van der Waals surface area contributed by atoms with Crippen molar-refractivity contribution in [3.63, 3.8) is 0 Å². The Balaban J connectivity index is 2.47. The SMILES string of the molecule is C#CC(CCC)NCc1nccn1CCC. The molecule has 0 bridgehead atoms. The molecule has 0 aliphatic carbocycles. The second-order valence-electron chi connectivity index (χ2n) is 3.93. The van der Waals surface area contributed by atoms with Gasteiger partial charge in [0.2, 0.25) is 0 Å². The molecule has 0 aliphatic heterocycles. The number of rotatable bonds is 7. The third kappa shape index (κ3) is 3.71. The number of aromatic nitrogens is 2. The average molecular weight is 219 g/mol. The molecule has 0 aliphatic rings. The number of imidazole rings is 1. The summed E-state index contributed by atoms with van der Waals surface area (Å²) >= 11 is 0. The van der Waals surface area contributed by atoms with E-state index in [-0.39, 0.29) is 6.04 Å².